The van der Waals surface area contributed by atoms with Gasteiger partial charge in [0, 0.05) is 19.1 Å². The van der Waals surface area contributed by atoms with Crippen LogP contribution in [0.1, 0.15) is 26.7 Å². The molecule has 0 aromatic heterocycles. The third kappa shape index (κ3) is 1.38. The molecule has 2 heterocycles. The van der Waals surface area contributed by atoms with E-state index in [2.05, 4.69) is 24.1 Å². The highest BCUT2D eigenvalue weighted by atomic mass is 15.2. The maximum Gasteiger partial charge on any atom is 0.00538 e. The molecule has 0 bridgehead atoms. The largest absolute Gasteiger partial charge is 0.316 e. The molecule has 0 radical (unpaired) electrons. The second-order valence-corrected chi connectivity index (χ2v) is 4.74. The van der Waals surface area contributed by atoms with Gasteiger partial charge in [-0.3, -0.25) is 0 Å². The van der Waals surface area contributed by atoms with E-state index in [-0.39, 0.29) is 0 Å². The van der Waals surface area contributed by atoms with Crippen LogP contribution in [0.15, 0.2) is 0 Å². The third-order valence-corrected chi connectivity index (χ3v) is 3.53. The van der Waals surface area contributed by atoms with E-state index in [4.69, 9.17) is 0 Å². The molecule has 0 amide bonds. The molecule has 0 aromatic rings. The molecule has 2 aliphatic rings. The smallest absolute Gasteiger partial charge is 0.00538 e. The van der Waals surface area contributed by atoms with Gasteiger partial charge in [0.15, 0.2) is 0 Å². The normalized spacial score (nSPS) is 37.2. The minimum atomic E-state index is 0.657. The Morgan fingerprint density at radius 3 is 2.67 bits per heavy atom. The molecular weight excluding hydrogens is 148 g/mol. The van der Waals surface area contributed by atoms with Gasteiger partial charge in [0.25, 0.3) is 0 Å². The summed E-state index contributed by atoms with van der Waals surface area (Å²) in [6, 6.07) is 0.741. The molecule has 2 heteroatoms. The highest BCUT2D eigenvalue weighted by Gasteiger charge is 2.40. The number of hydrogen-bond acceptors (Lipinski definition) is 2. The van der Waals surface area contributed by atoms with Crippen molar-refractivity contribution in [3.8, 4) is 0 Å². The van der Waals surface area contributed by atoms with Crippen LogP contribution in [0, 0.1) is 5.41 Å². The van der Waals surface area contributed by atoms with Gasteiger partial charge < -0.3 is 10.2 Å². The summed E-state index contributed by atoms with van der Waals surface area (Å²) in [6.07, 6.45) is 2.81. The Morgan fingerprint density at radius 1 is 1.33 bits per heavy atom. The van der Waals surface area contributed by atoms with E-state index < -0.39 is 0 Å². The second-order valence-electron chi connectivity index (χ2n) is 4.74. The Labute approximate surface area is 75.3 Å². The first-order chi connectivity index (χ1) is 5.72. The monoisotopic (exact) mass is 168 g/mol. The molecule has 0 saturated carbocycles. The molecule has 2 saturated heterocycles. The van der Waals surface area contributed by atoms with Crippen molar-refractivity contribution in [3.63, 3.8) is 0 Å². The molecule has 1 spiro atoms. The molecule has 12 heavy (non-hydrogen) atoms. The van der Waals surface area contributed by atoms with E-state index in [1.54, 1.807) is 0 Å². The van der Waals surface area contributed by atoms with Gasteiger partial charge in [-0.15, -0.1) is 0 Å². The Balaban J connectivity index is 1.96. The summed E-state index contributed by atoms with van der Waals surface area (Å²) in [4.78, 5) is 2.62. The second kappa shape index (κ2) is 3.00. The van der Waals surface area contributed by atoms with Gasteiger partial charge in [-0.2, -0.15) is 0 Å². The van der Waals surface area contributed by atoms with Gasteiger partial charge in [-0.05, 0) is 45.2 Å². The zero-order valence-corrected chi connectivity index (χ0v) is 8.27. The molecule has 2 aliphatic heterocycles. The van der Waals surface area contributed by atoms with E-state index in [1.165, 1.54) is 39.0 Å². The number of nitrogens with zero attached hydrogens (tertiary/aromatic N) is 1. The summed E-state index contributed by atoms with van der Waals surface area (Å²) in [5.74, 6) is 0. The summed E-state index contributed by atoms with van der Waals surface area (Å²) in [5, 5.41) is 3.49. The first kappa shape index (κ1) is 8.52. The molecule has 1 atom stereocenters. The van der Waals surface area contributed by atoms with Crippen molar-refractivity contribution in [2.45, 2.75) is 32.7 Å². The van der Waals surface area contributed by atoms with E-state index >= 15 is 0 Å². The molecular formula is C10H20N2. The van der Waals surface area contributed by atoms with Gasteiger partial charge in [-0.25, -0.2) is 0 Å². The fourth-order valence-electron chi connectivity index (χ4n) is 2.55. The lowest BCUT2D eigenvalue weighted by molar-refractivity contribution is 0.233. The van der Waals surface area contributed by atoms with Crippen molar-refractivity contribution < 1.29 is 0 Å². The van der Waals surface area contributed by atoms with E-state index in [1.807, 2.05) is 0 Å². The van der Waals surface area contributed by atoms with Crippen LogP contribution >= 0.6 is 0 Å². The van der Waals surface area contributed by atoms with Crippen LogP contribution in [-0.4, -0.2) is 37.1 Å². The predicted octanol–water partition coefficient (Wildman–Crippen LogP) is 1.08. The average molecular weight is 168 g/mol. The average Bonchev–Trinajstić information content (AvgIpc) is 2.62. The van der Waals surface area contributed by atoms with Crippen LogP contribution in [0.4, 0.5) is 0 Å². The fraction of sp³-hybridized carbons (Fsp3) is 1.00. The first-order valence-corrected chi connectivity index (χ1v) is 5.17. The highest BCUT2D eigenvalue weighted by molar-refractivity contribution is 4.96. The molecule has 2 nitrogen and oxygen atoms in total. The van der Waals surface area contributed by atoms with Gasteiger partial charge >= 0.3 is 0 Å². The molecule has 0 aliphatic carbocycles. The summed E-state index contributed by atoms with van der Waals surface area (Å²) in [5.41, 5.74) is 0.657. The van der Waals surface area contributed by atoms with E-state index in [9.17, 15) is 0 Å². The van der Waals surface area contributed by atoms with Crippen LogP contribution < -0.4 is 5.32 Å². The number of rotatable bonds is 1. The third-order valence-electron chi connectivity index (χ3n) is 3.53. The molecule has 2 fully saturated rings. The number of hydrogen-bond donors (Lipinski definition) is 1. The van der Waals surface area contributed by atoms with Crippen molar-refractivity contribution in [2.24, 2.45) is 5.41 Å². The number of likely N-dealkylation sites (tertiary alicyclic amines) is 1. The Morgan fingerprint density at radius 2 is 2.17 bits per heavy atom. The number of nitrogens with one attached hydrogen (secondary N) is 1. The topological polar surface area (TPSA) is 15.3 Å². The molecule has 70 valence electrons. The Bertz CT molecular complexity index is 159. The lowest BCUT2D eigenvalue weighted by atomic mass is 9.86. The zero-order chi connectivity index (χ0) is 8.60. The minimum Gasteiger partial charge on any atom is -0.316 e. The minimum absolute atomic E-state index is 0.657. The van der Waals surface area contributed by atoms with Crippen molar-refractivity contribution in [3.05, 3.63) is 0 Å². The van der Waals surface area contributed by atoms with Crippen molar-refractivity contribution in [2.75, 3.05) is 26.2 Å². The summed E-state index contributed by atoms with van der Waals surface area (Å²) >= 11 is 0. The van der Waals surface area contributed by atoms with Crippen LogP contribution in [0.25, 0.3) is 0 Å². The van der Waals surface area contributed by atoms with Gasteiger partial charge in [-0.1, -0.05) is 0 Å². The van der Waals surface area contributed by atoms with Crippen molar-refractivity contribution in [1.29, 1.82) is 0 Å². The lowest BCUT2D eigenvalue weighted by Gasteiger charge is -2.25. The van der Waals surface area contributed by atoms with Gasteiger partial charge in [0.1, 0.15) is 0 Å². The van der Waals surface area contributed by atoms with Crippen LogP contribution in [0.3, 0.4) is 0 Å². The summed E-state index contributed by atoms with van der Waals surface area (Å²) in [7, 11) is 0. The summed E-state index contributed by atoms with van der Waals surface area (Å²) < 4.78 is 0. The van der Waals surface area contributed by atoms with Crippen LogP contribution in [0.2, 0.25) is 0 Å². The maximum absolute atomic E-state index is 3.49. The fourth-order valence-corrected chi connectivity index (χ4v) is 2.55. The Kier molecular flexibility index (Phi) is 2.13. The highest BCUT2D eigenvalue weighted by Crippen LogP contribution is 2.36. The van der Waals surface area contributed by atoms with Crippen LogP contribution in [0.5, 0.6) is 0 Å². The zero-order valence-electron chi connectivity index (χ0n) is 8.27. The van der Waals surface area contributed by atoms with Gasteiger partial charge in [0.2, 0.25) is 0 Å². The quantitative estimate of drug-likeness (QED) is 0.630. The first-order valence-electron chi connectivity index (χ1n) is 5.17. The standard InChI is InChI=1S/C10H20N2/c1-9(2)12-6-4-10(8-12)3-5-11-7-10/h9,11H,3-8H2,1-2H3. The van der Waals surface area contributed by atoms with E-state index in [0.29, 0.717) is 5.41 Å². The van der Waals surface area contributed by atoms with Crippen LogP contribution in [-0.2, 0) is 0 Å². The summed E-state index contributed by atoms with van der Waals surface area (Å²) in [6.45, 7) is 9.77. The van der Waals surface area contributed by atoms with Crippen molar-refractivity contribution >= 4 is 0 Å². The molecule has 0 aromatic carbocycles. The van der Waals surface area contributed by atoms with Crippen molar-refractivity contribution in [1.82, 2.24) is 10.2 Å². The SMILES string of the molecule is CC(C)N1CCC2(CCNC2)C1. The maximum atomic E-state index is 3.49. The lowest BCUT2D eigenvalue weighted by Crippen LogP contribution is -2.33. The molecule has 1 N–H and O–H groups in total. The predicted molar refractivity (Wildman–Crippen MR) is 51.2 cm³/mol. The molecule has 2 rings (SSSR count). The van der Waals surface area contributed by atoms with E-state index in [0.717, 1.165) is 6.04 Å². The Hall–Kier alpha value is -0.0800. The molecule has 1 unspecified atom stereocenters. The van der Waals surface area contributed by atoms with Gasteiger partial charge in [0.05, 0.1) is 0 Å².